The van der Waals surface area contributed by atoms with Crippen molar-refractivity contribution in [1.82, 2.24) is 15.3 Å². The summed E-state index contributed by atoms with van der Waals surface area (Å²) in [5, 5.41) is 2.80. The molecule has 2 aromatic rings. The summed E-state index contributed by atoms with van der Waals surface area (Å²) >= 11 is 5.85. The van der Waals surface area contributed by atoms with Gasteiger partial charge in [0.2, 0.25) is 0 Å². The average molecular weight is 282 g/mol. The lowest BCUT2D eigenvalue weighted by atomic mass is 10.1. The summed E-state index contributed by atoms with van der Waals surface area (Å²) in [4.78, 5) is 19.1. The molecular weight excluding hydrogens is 269 g/mol. The van der Waals surface area contributed by atoms with E-state index in [1.807, 2.05) is 6.92 Å². The highest BCUT2D eigenvalue weighted by Gasteiger charge is 2.20. The van der Waals surface area contributed by atoms with Gasteiger partial charge in [-0.2, -0.15) is 0 Å². The summed E-state index contributed by atoms with van der Waals surface area (Å²) in [6.07, 6.45) is 3.89. The maximum atomic E-state index is 13.6. The van der Waals surface area contributed by atoms with Crippen LogP contribution in [0.5, 0.6) is 0 Å². The highest BCUT2D eigenvalue weighted by molar-refractivity contribution is 6.33. The fraction of sp³-hybridized carbons (Fsp3) is 0.231. The predicted molar refractivity (Wildman–Crippen MR) is 70.5 cm³/mol. The quantitative estimate of drug-likeness (QED) is 0.905. The molecule has 0 aliphatic carbocycles. The van der Waals surface area contributed by atoms with Gasteiger partial charge in [0.15, 0.2) is 0 Å². The molecule has 4 nitrogen and oxygen atoms in total. The number of amides is 1. The molecule has 1 aromatic carbocycles. The van der Waals surface area contributed by atoms with Crippen LogP contribution in [0.4, 0.5) is 4.39 Å². The van der Waals surface area contributed by atoms with Crippen LogP contribution in [-0.4, -0.2) is 15.9 Å². The van der Waals surface area contributed by atoms with Gasteiger partial charge in [-0.15, -0.1) is 0 Å². The van der Waals surface area contributed by atoms with Gasteiger partial charge in [-0.1, -0.05) is 24.6 Å². The van der Waals surface area contributed by atoms with Crippen LogP contribution < -0.4 is 5.32 Å². The lowest BCUT2D eigenvalue weighted by molar-refractivity contribution is 0.0930. The van der Waals surface area contributed by atoms with Crippen LogP contribution in [0.25, 0.3) is 0 Å². The smallest absolute Gasteiger partial charge is 0.256 e. The normalized spacial score (nSPS) is 12.2. The van der Waals surface area contributed by atoms with Crippen molar-refractivity contribution in [2.45, 2.75) is 19.4 Å². The molecule has 0 saturated carbocycles. The Labute approximate surface area is 115 Å². The zero-order chi connectivity index (χ0) is 13.8. The fourth-order valence-corrected chi connectivity index (χ4v) is 2.03. The number of hydrogen-bond acceptors (Lipinski definition) is 2. The molecule has 0 fully saturated rings. The molecule has 1 atom stereocenters. The van der Waals surface area contributed by atoms with Gasteiger partial charge in [-0.05, 0) is 18.6 Å². The first kappa shape index (κ1) is 13.5. The van der Waals surface area contributed by atoms with Crippen molar-refractivity contribution in [3.8, 4) is 0 Å². The number of aromatic amines is 1. The Bertz CT molecular complexity index is 551. The van der Waals surface area contributed by atoms with Crippen LogP contribution in [0, 0.1) is 5.82 Å². The van der Waals surface area contributed by atoms with E-state index >= 15 is 0 Å². The molecule has 2 rings (SSSR count). The highest BCUT2D eigenvalue weighted by Crippen LogP contribution is 2.20. The molecule has 100 valence electrons. The van der Waals surface area contributed by atoms with Crippen LogP contribution in [-0.2, 0) is 0 Å². The maximum Gasteiger partial charge on any atom is 0.256 e. The molecule has 0 saturated heterocycles. The van der Waals surface area contributed by atoms with E-state index in [2.05, 4.69) is 15.3 Å². The number of H-pyrrole nitrogens is 1. The van der Waals surface area contributed by atoms with E-state index in [1.165, 1.54) is 18.2 Å². The number of carbonyl (C=O) groups is 1. The number of rotatable bonds is 4. The van der Waals surface area contributed by atoms with E-state index in [1.54, 1.807) is 12.4 Å². The molecule has 0 radical (unpaired) electrons. The Hall–Kier alpha value is -1.88. The second kappa shape index (κ2) is 5.84. The van der Waals surface area contributed by atoms with E-state index in [9.17, 15) is 9.18 Å². The van der Waals surface area contributed by atoms with Crippen LogP contribution in [0.15, 0.2) is 30.6 Å². The maximum absolute atomic E-state index is 13.6. The topological polar surface area (TPSA) is 57.8 Å². The Morgan fingerprint density at radius 1 is 1.58 bits per heavy atom. The van der Waals surface area contributed by atoms with Crippen LogP contribution in [0.3, 0.4) is 0 Å². The Kier molecular flexibility index (Phi) is 4.16. The van der Waals surface area contributed by atoms with Gasteiger partial charge in [-0.25, -0.2) is 9.37 Å². The van der Waals surface area contributed by atoms with Crippen molar-refractivity contribution < 1.29 is 9.18 Å². The van der Waals surface area contributed by atoms with Crippen LogP contribution >= 0.6 is 11.6 Å². The Morgan fingerprint density at radius 3 is 2.95 bits per heavy atom. The van der Waals surface area contributed by atoms with Crippen LogP contribution in [0.1, 0.15) is 35.6 Å². The summed E-state index contributed by atoms with van der Waals surface area (Å²) < 4.78 is 13.6. The Balaban J connectivity index is 2.21. The van der Waals surface area contributed by atoms with Gasteiger partial charge >= 0.3 is 0 Å². The van der Waals surface area contributed by atoms with Crippen molar-refractivity contribution in [3.05, 3.63) is 52.8 Å². The van der Waals surface area contributed by atoms with Gasteiger partial charge in [-0.3, -0.25) is 4.79 Å². The Morgan fingerprint density at radius 2 is 2.37 bits per heavy atom. The van der Waals surface area contributed by atoms with Gasteiger partial charge in [0.05, 0.1) is 16.6 Å². The minimum absolute atomic E-state index is 0.0896. The summed E-state index contributed by atoms with van der Waals surface area (Å²) in [5.41, 5.74) is -0.144. The number of benzene rings is 1. The van der Waals surface area contributed by atoms with Gasteiger partial charge < -0.3 is 10.3 Å². The van der Waals surface area contributed by atoms with E-state index in [0.717, 1.165) is 0 Å². The first-order valence-corrected chi connectivity index (χ1v) is 6.25. The van der Waals surface area contributed by atoms with Crippen LogP contribution in [0.2, 0.25) is 5.02 Å². The molecule has 0 aliphatic rings. The molecule has 2 N–H and O–H groups in total. The molecule has 1 amide bonds. The van der Waals surface area contributed by atoms with Crippen molar-refractivity contribution in [1.29, 1.82) is 0 Å². The van der Waals surface area contributed by atoms with Crippen molar-refractivity contribution in [3.63, 3.8) is 0 Å². The van der Waals surface area contributed by atoms with Crippen molar-refractivity contribution >= 4 is 17.5 Å². The third-order valence-electron chi connectivity index (χ3n) is 2.75. The van der Waals surface area contributed by atoms with E-state index in [-0.39, 0.29) is 16.6 Å². The average Bonchev–Trinajstić information content (AvgIpc) is 2.89. The highest BCUT2D eigenvalue weighted by atomic mass is 35.5. The summed E-state index contributed by atoms with van der Waals surface area (Å²) in [6, 6.07) is 3.83. The summed E-state index contributed by atoms with van der Waals surface area (Å²) in [5.74, 6) is -0.561. The molecule has 0 bridgehead atoms. The van der Waals surface area contributed by atoms with E-state index in [0.29, 0.717) is 12.2 Å². The van der Waals surface area contributed by atoms with Gasteiger partial charge in [0.25, 0.3) is 5.91 Å². The second-order valence-corrected chi connectivity index (χ2v) is 4.41. The lowest BCUT2D eigenvalue weighted by Gasteiger charge is -2.15. The standard InChI is InChI=1S/C13H13ClFN3O/c1-2-10(12-16-6-7-17-12)18-13(19)11-8(14)4-3-5-9(11)15/h3-7,10H,2H2,1H3,(H,16,17)(H,18,19). The summed E-state index contributed by atoms with van der Waals surface area (Å²) in [6.45, 7) is 1.90. The zero-order valence-corrected chi connectivity index (χ0v) is 11.0. The number of nitrogens with zero attached hydrogens (tertiary/aromatic N) is 1. The van der Waals surface area contributed by atoms with Crippen molar-refractivity contribution in [2.75, 3.05) is 0 Å². The SMILES string of the molecule is CCC(NC(=O)c1c(F)cccc1Cl)c1ncc[nH]1. The van der Waals surface area contributed by atoms with E-state index < -0.39 is 11.7 Å². The largest absolute Gasteiger partial charge is 0.347 e. The molecule has 0 aliphatic heterocycles. The monoisotopic (exact) mass is 281 g/mol. The second-order valence-electron chi connectivity index (χ2n) is 4.01. The molecule has 6 heteroatoms. The van der Waals surface area contributed by atoms with Gasteiger partial charge in [0, 0.05) is 12.4 Å². The number of aromatic nitrogens is 2. The fourth-order valence-electron chi connectivity index (χ4n) is 1.78. The number of hydrogen-bond donors (Lipinski definition) is 2. The number of nitrogens with one attached hydrogen (secondary N) is 2. The number of imidazole rings is 1. The molecule has 1 unspecified atom stereocenters. The third-order valence-corrected chi connectivity index (χ3v) is 3.07. The predicted octanol–water partition coefficient (Wildman–Crippen LogP) is 3.08. The lowest BCUT2D eigenvalue weighted by Crippen LogP contribution is -2.29. The molecule has 0 spiro atoms. The minimum Gasteiger partial charge on any atom is -0.347 e. The van der Waals surface area contributed by atoms with E-state index in [4.69, 9.17) is 11.6 Å². The minimum atomic E-state index is -0.640. The first-order valence-electron chi connectivity index (χ1n) is 5.87. The molecule has 19 heavy (non-hydrogen) atoms. The third kappa shape index (κ3) is 2.93. The molecule has 1 aromatic heterocycles. The molecule has 1 heterocycles. The van der Waals surface area contributed by atoms with Gasteiger partial charge in [0.1, 0.15) is 11.6 Å². The summed E-state index contributed by atoms with van der Waals surface area (Å²) in [7, 11) is 0. The first-order chi connectivity index (χ1) is 9.13. The number of carbonyl (C=O) groups excluding carboxylic acids is 1. The molecular formula is C13H13ClFN3O. The zero-order valence-electron chi connectivity index (χ0n) is 10.3. The number of halogens is 2. The van der Waals surface area contributed by atoms with Crippen molar-refractivity contribution in [2.24, 2.45) is 0 Å².